The van der Waals surface area contributed by atoms with Crippen molar-refractivity contribution in [2.24, 2.45) is 5.92 Å². The standard InChI is InChI=1S/C24H38O5/c1-6-7-8-9-11-23(2,3)17-13-20(27)22-18(15-25)19(10-12-28-16-26)24(4,5)29-21(22)14-17/h13-14,16,18-19,25,27H,6-12,15H2,1-5H3/t18-,19-/m1/s1. The smallest absolute Gasteiger partial charge is 0.293 e. The topological polar surface area (TPSA) is 76.0 Å². The van der Waals surface area contributed by atoms with E-state index < -0.39 is 5.60 Å². The summed E-state index contributed by atoms with van der Waals surface area (Å²) >= 11 is 0. The molecule has 1 aliphatic rings. The Kier molecular flexibility index (Phi) is 7.98. The van der Waals surface area contributed by atoms with Crippen molar-refractivity contribution in [2.75, 3.05) is 13.2 Å². The number of carbonyl (C=O) groups excluding carboxylic acids is 1. The maximum atomic E-state index is 10.9. The van der Waals surface area contributed by atoms with Crippen LogP contribution in [0.25, 0.3) is 0 Å². The lowest BCUT2D eigenvalue weighted by Crippen LogP contribution is -2.46. The molecular formula is C24H38O5. The number of hydrogen-bond donors (Lipinski definition) is 2. The molecule has 0 aliphatic carbocycles. The van der Waals surface area contributed by atoms with Gasteiger partial charge in [-0.15, -0.1) is 0 Å². The Hall–Kier alpha value is -1.75. The number of benzene rings is 1. The number of ether oxygens (including phenoxy) is 2. The van der Waals surface area contributed by atoms with E-state index in [9.17, 15) is 15.0 Å². The number of hydrogen-bond acceptors (Lipinski definition) is 5. The SMILES string of the molecule is CCCCCCC(C)(C)c1cc(O)c2c(c1)OC(C)(C)[C@H](CCOC=O)[C@H]2CO. The Morgan fingerprint density at radius 2 is 1.97 bits per heavy atom. The van der Waals surface area contributed by atoms with Gasteiger partial charge in [-0.05, 0) is 49.8 Å². The first-order chi connectivity index (χ1) is 13.7. The molecule has 1 aromatic rings. The normalized spacial score (nSPS) is 20.6. The quantitative estimate of drug-likeness (QED) is 0.396. The van der Waals surface area contributed by atoms with Crippen molar-refractivity contribution in [1.29, 1.82) is 0 Å². The zero-order valence-electron chi connectivity index (χ0n) is 18.7. The average Bonchev–Trinajstić information content (AvgIpc) is 2.65. The minimum atomic E-state index is -0.553. The Morgan fingerprint density at radius 3 is 2.59 bits per heavy atom. The second kappa shape index (κ2) is 9.84. The largest absolute Gasteiger partial charge is 0.508 e. The average molecular weight is 407 g/mol. The van der Waals surface area contributed by atoms with Crippen LogP contribution < -0.4 is 4.74 Å². The first kappa shape index (κ1) is 23.5. The summed E-state index contributed by atoms with van der Waals surface area (Å²) in [6.07, 6.45) is 6.44. The number of aliphatic hydroxyl groups excluding tert-OH is 1. The summed E-state index contributed by atoms with van der Waals surface area (Å²) in [5.74, 6) is 0.470. The molecule has 0 saturated carbocycles. The molecule has 1 aliphatic heterocycles. The number of fused-ring (bicyclic) bond motifs is 1. The van der Waals surface area contributed by atoms with E-state index in [0.717, 1.165) is 18.4 Å². The van der Waals surface area contributed by atoms with Crippen LogP contribution in [0.4, 0.5) is 0 Å². The van der Waals surface area contributed by atoms with Crippen molar-refractivity contribution >= 4 is 6.47 Å². The van der Waals surface area contributed by atoms with Crippen molar-refractivity contribution in [1.82, 2.24) is 0 Å². The van der Waals surface area contributed by atoms with Crippen LogP contribution in [0.2, 0.25) is 0 Å². The second-order valence-corrected chi connectivity index (χ2v) is 9.46. The maximum Gasteiger partial charge on any atom is 0.293 e. The Bertz CT molecular complexity index is 680. The van der Waals surface area contributed by atoms with Crippen LogP contribution in [0.3, 0.4) is 0 Å². The number of phenols is 1. The summed E-state index contributed by atoms with van der Waals surface area (Å²) in [4.78, 5) is 10.5. The lowest BCUT2D eigenvalue weighted by Gasteiger charge is -2.45. The highest BCUT2D eigenvalue weighted by Crippen LogP contribution is 2.51. The van der Waals surface area contributed by atoms with Gasteiger partial charge in [-0.2, -0.15) is 0 Å². The molecule has 0 aromatic heterocycles. The predicted molar refractivity (Wildman–Crippen MR) is 115 cm³/mol. The van der Waals surface area contributed by atoms with Gasteiger partial charge in [0.2, 0.25) is 0 Å². The number of rotatable bonds is 11. The van der Waals surface area contributed by atoms with Gasteiger partial charge in [0.05, 0.1) is 13.2 Å². The van der Waals surface area contributed by atoms with Crippen LogP contribution >= 0.6 is 0 Å². The van der Waals surface area contributed by atoms with E-state index in [4.69, 9.17) is 9.47 Å². The predicted octanol–water partition coefficient (Wildman–Crippen LogP) is 5.07. The molecule has 2 N–H and O–H groups in total. The lowest BCUT2D eigenvalue weighted by atomic mass is 9.71. The van der Waals surface area contributed by atoms with Gasteiger partial charge >= 0.3 is 0 Å². The number of carbonyl (C=O) groups is 1. The monoisotopic (exact) mass is 406 g/mol. The zero-order chi connectivity index (χ0) is 21.7. The van der Waals surface area contributed by atoms with Gasteiger partial charge < -0.3 is 19.7 Å². The molecule has 2 rings (SSSR count). The number of aromatic hydroxyl groups is 1. The third kappa shape index (κ3) is 5.44. The molecule has 0 saturated heterocycles. The number of aliphatic hydroxyl groups is 1. The van der Waals surface area contributed by atoms with Crippen LogP contribution in [-0.2, 0) is 14.9 Å². The Balaban J connectivity index is 2.33. The van der Waals surface area contributed by atoms with E-state index in [1.54, 1.807) is 0 Å². The van der Waals surface area contributed by atoms with Gasteiger partial charge in [-0.25, -0.2) is 0 Å². The fourth-order valence-corrected chi connectivity index (χ4v) is 4.65. The summed E-state index contributed by atoms with van der Waals surface area (Å²) in [6.45, 7) is 11.2. The molecule has 0 bridgehead atoms. The van der Waals surface area contributed by atoms with Gasteiger partial charge in [0.25, 0.3) is 6.47 Å². The van der Waals surface area contributed by atoms with Crippen molar-refractivity contribution in [2.45, 2.75) is 90.1 Å². The molecule has 0 spiro atoms. The summed E-state index contributed by atoms with van der Waals surface area (Å²) in [6, 6.07) is 3.87. The first-order valence-electron chi connectivity index (χ1n) is 10.9. The molecule has 5 nitrogen and oxygen atoms in total. The fourth-order valence-electron chi connectivity index (χ4n) is 4.65. The molecule has 0 radical (unpaired) electrons. The lowest BCUT2D eigenvalue weighted by molar-refractivity contribution is -0.129. The molecule has 164 valence electrons. The van der Waals surface area contributed by atoms with Crippen molar-refractivity contribution < 1.29 is 24.5 Å². The summed E-state index contributed by atoms with van der Waals surface area (Å²) in [5.41, 5.74) is 1.09. The van der Waals surface area contributed by atoms with Gasteiger partial charge in [-0.1, -0.05) is 46.5 Å². The van der Waals surface area contributed by atoms with Crippen LogP contribution in [0.1, 0.15) is 90.2 Å². The van der Waals surface area contributed by atoms with Crippen LogP contribution in [0, 0.1) is 5.92 Å². The maximum absolute atomic E-state index is 10.9. The van der Waals surface area contributed by atoms with Gasteiger partial charge in [0.15, 0.2) is 0 Å². The minimum Gasteiger partial charge on any atom is -0.508 e. The van der Waals surface area contributed by atoms with Gasteiger partial charge in [-0.3, -0.25) is 4.79 Å². The van der Waals surface area contributed by atoms with Crippen LogP contribution in [-0.4, -0.2) is 35.5 Å². The van der Waals surface area contributed by atoms with E-state index in [2.05, 4.69) is 20.8 Å². The van der Waals surface area contributed by atoms with E-state index >= 15 is 0 Å². The van der Waals surface area contributed by atoms with E-state index in [1.807, 2.05) is 26.0 Å². The van der Waals surface area contributed by atoms with E-state index in [1.165, 1.54) is 19.3 Å². The third-order valence-electron chi connectivity index (χ3n) is 6.49. The highest BCUT2D eigenvalue weighted by Gasteiger charge is 2.45. The van der Waals surface area contributed by atoms with Crippen molar-refractivity contribution in [3.63, 3.8) is 0 Å². The first-order valence-corrected chi connectivity index (χ1v) is 10.9. The molecule has 1 aromatic carbocycles. The van der Waals surface area contributed by atoms with Crippen molar-refractivity contribution in [3.8, 4) is 11.5 Å². The molecule has 0 unspecified atom stereocenters. The summed E-state index contributed by atoms with van der Waals surface area (Å²) < 4.78 is 11.2. The molecule has 29 heavy (non-hydrogen) atoms. The van der Waals surface area contributed by atoms with Gasteiger partial charge in [0, 0.05) is 17.4 Å². The number of unbranched alkanes of at least 4 members (excludes halogenated alkanes) is 3. The third-order valence-corrected chi connectivity index (χ3v) is 6.49. The van der Waals surface area contributed by atoms with Crippen LogP contribution in [0.5, 0.6) is 11.5 Å². The fraction of sp³-hybridized carbons (Fsp3) is 0.708. The Morgan fingerprint density at radius 1 is 1.24 bits per heavy atom. The zero-order valence-corrected chi connectivity index (χ0v) is 18.7. The highest BCUT2D eigenvalue weighted by atomic mass is 16.5. The minimum absolute atomic E-state index is 0.0723. The molecule has 0 amide bonds. The molecule has 1 heterocycles. The molecule has 0 fully saturated rings. The summed E-state index contributed by atoms with van der Waals surface area (Å²) in [7, 11) is 0. The van der Waals surface area contributed by atoms with Crippen LogP contribution in [0.15, 0.2) is 12.1 Å². The molecule has 2 atom stereocenters. The Labute approximate surface area is 175 Å². The van der Waals surface area contributed by atoms with Crippen molar-refractivity contribution in [3.05, 3.63) is 23.3 Å². The van der Waals surface area contributed by atoms with E-state index in [0.29, 0.717) is 24.2 Å². The summed E-state index contributed by atoms with van der Waals surface area (Å²) in [5, 5.41) is 21.0. The number of phenolic OH excluding ortho intramolecular Hbond substituents is 1. The van der Waals surface area contributed by atoms with E-state index in [-0.39, 0.29) is 36.2 Å². The molecular weight excluding hydrogens is 368 g/mol. The second-order valence-electron chi connectivity index (χ2n) is 9.46. The highest BCUT2D eigenvalue weighted by molar-refractivity contribution is 5.53. The van der Waals surface area contributed by atoms with Gasteiger partial charge in [0.1, 0.15) is 17.1 Å². The molecule has 5 heteroatoms.